The minimum Gasteiger partial charge on any atom is -0.381 e. The van der Waals surface area contributed by atoms with Gasteiger partial charge in [0, 0.05) is 19.1 Å². The Bertz CT molecular complexity index is 635. The number of halogens is 1. The molecule has 21 heavy (non-hydrogen) atoms. The standard InChI is InChI=1S/C14H16FN5O/c15-10-1-2-11(17-7-10)12-3-5-16-14-18-13(19-20(12)14)9-4-6-21-8-9/h1-2,7,9,12H,3-6,8H2,(H,16,18,19). The predicted octanol–water partition coefficient (Wildman–Crippen LogP) is 1.72. The molecule has 2 unspecified atom stereocenters. The molecule has 2 aromatic heterocycles. The van der Waals surface area contributed by atoms with E-state index in [1.165, 1.54) is 12.3 Å². The number of hydrogen-bond donors (Lipinski definition) is 1. The van der Waals surface area contributed by atoms with E-state index in [1.54, 1.807) is 6.07 Å². The number of anilines is 1. The van der Waals surface area contributed by atoms with Gasteiger partial charge in [0.05, 0.1) is 24.5 Å². The summed E-state index contributed by atoms with van der Waals surface area (Å²) < 4.78 is 20.3. The first-order chi connectivity index (χ1) is 10.3. The van der Waals surface area contributed by atoms with Gasteiger partial charge in [-0.3, -0.25) is 4.98 Å². The second-order valence-electron chi connectivity index (χ2n) is 5.43. The van der Waals surface area contributed by atoms with E-state index < -0.39 is 0 Å². The summed E-state index contributed by atoms with van der Waals surface area (Å²) in [6.45, 7) is 2.26. The van der Waals surface area contributed by atoms with Crippen LogP contribution in [-0.4, -0.2) is 39.5 Å². The molecular formula is C14H16FN5O. The van der Waals surface area contributed by atoms with Crippen LogP contribution in [-0.2, 0) is 4.74 Å². The van der Waals surface area contributed by atoms with E-state index in [9.17, 15) is 4.39 Å². The Morgan fingerprint density at radius 1 is 1.33 bits per heavy atom. The second kappa shape index (κ2) is 5.07. The third-order valence-electron chi connectivity index (χ3n) is 4.03. The molecule has 0 amide bonds. The molecule has 1 N–H and O–H groups in total. The van der Waals surface area contributed by atoms with Gasteiger partial charge in [0.1, 0.15) is 5.82 Å². The third kappa shape index (κ3) is 2.27. The van der Waals surface area contributed by atoms with E-state index in [0.717, 1.165) is 43.5 Å². The molecule has 0 spiro atoms. The molecule has 4 heterocycles. The molecule has 2 atom stereocenters. The van der Waals surface area contributed by atoms with Crippen LogP contribution in [0.2, 0.25) is 0 Å². The highest BCUT2D eigenvalue weighted by Crippen LogP contribution is 2.30. The van der Waals surface area contributed by atoms with Crippen LogP contribution in [0.3, 0.4) is 0 Å². The van der Waals surface area contributed by atoms with E-state index >= 15 is 0 Å². The largest absolute Gasteiger partial charge is 0.381 e. The van der Waals surface area contributed by atoms with Crippen molar-refractivity contribution < 1.29 is 9.13 Å². The third-order valence-corrected chi connectivity index (χ3v) is 4.03. The average molecular weight is 289 g/mol. The van der Waals surface area contributed by atoms with Crippen LogP contribution in [0.4, 0.5) is 10.3 Å². The Hall–Kier alpha value is -2.02. The molecule has 1 saturated heterocycles. The number of aromatic nitrogens is 4. The van der Waals surface area contributed by atoms with Crippen molar-refractivity contribution >= 4 is 5.95 Å². The van der Waals surface area contributed by atoms with Crippen LogP contribution in [0.1, 0.15) is 36.3 Å². The number of pyridine rings is 1. The number of rotatable bonds is 2. The van der Waals surface area contributed by atoms with E-state index in [1.807, 2.05) is 4.68 Å². The van der Waals surface area contributed by atoms with Crippen LogP contribution >= 0.6 is 0 Å². The first-order valence-corrected chi connectivity index (χ1v) is 7.21. The summed E-state index contributed by atoms with van der Waals surface area (Å²) in [5, 5.41) is 7.91. The fraction of sp³-hybridized carbons (Fsp3) is 0.500. The molecule has 0 bridgehead atoms. The van der Waals surface area contributed by atoms with Gasteiger partial charge in [-0.15, -0.1) is 0 Å². The molecular weight excluding hydrogens is 273 g/mol. The van der Waals surface area contributed by atoms with E-state index in [2.05, 4.69) is 20.4 Å². The van der Waals surface area contributed by atoms with Crippen LogP contribution < -0.4 is 5.32 Å². The maximum absolute atomic E-state index is 13.0. The first kappa shape index (κ1) is 12.7. The van der Waals surface area contributed by atoms with Gasteiger partial charge in [-0.05, 0) is 25.0 Å². The summed E-state index contributed by atoms with van der Waals surface area (Å²) in [5.74, 6) is 1.53. The van der Waals surface area contributed by atoms with Gasteiger partial charge in [0.25, 0.3) is 0 Å². The number of fused-ring (bicyclic) bond motifs is 1. The minimum atomic E-state index is -0.324. The fourth-order valence-corrected chi connectivity index (χ4v) is 2.89. The molecule has 0 aromatic carbocycles. The maximum atomic E-state index is 13.0. The van der Waals surface area contributed by atoms with Crippen molar-refractivity contribution in [3.63, 3.8) is 0 Å². The molecule has 0 aliphatic carbocycles. The van der Waals surface area contributed by atoms with Gasteiger partial charge in [0.15, 0.2) is 5.82 Å². The Morgan fingerprint density at radius 3 is 3.05 bits per heavy atom. The smallest absolute Gasteiger partial charge is 0.222 e. The van der Waals surface area contributed by atoms with Crippen molar-refractivity contribution in [1.29, 1.82) is 0 Å². The summed E-state index contributed by atoms with van der Waals surface area (Å²) >= 11 is 0. The Morgan fingerprint density at radius 2 is 2.29 bits per heavy atom. The maximum Gasteiger partial charge on any atom is 0.222 e. The number of hydrogen-bond acceptors (Lipinski definition) is 5. The quantitative estimate of drug-likeness (QED) is 0.912. The Kier molecular flexibility index (Phi) is 3.07. The lowest BCUT2D eigenvalue weighted by Gasteiger charge is -2.23. The first-order valence-electron chi connectivity index (χ1n) is 7.21. The summed E-state index contributed by atoms with van der Waals surface area (Å²) in [6, 6.07) is 3.16. The minimum absolute atomic E-state index is 0.00502. The van der Waals surface area contributed by atoms with E-state index in [4.69, 9.17) is 4.74 Å². The fourth-order valence-electron chi connectivity index (χ4n) is 2.89. The molecule has 2 aliphatic rings. The summed E-state index contributed by atoms with van der Waals surface area (Å²) in [6.07, 6.45) is 3.07. The van der Waals surface area contributed by atoms with Gasteiger partial charge < -0.3 is 10.1 Å². The molecule has 2 aliphatic heterocycles. The lowest BCUT2D eigenvalue weighted by Crippen LogP contribution is -2.25. The normalized spacial score (nSPS) is 24.6. The Balaban J connectivity index is 1.68. The molecule has 2 aromatic rings. The van der Waals surface area contributed by atoms with Gasteiger partial charge in [0.2, 0.25) is 5.95 Å². The molecule has 1 fully saturated rings. The zero-order valence-electron chi connectivity index (χ0n) is 11.5. The van der Waals surface area contributed by atoms with Gasteiger partial charge in [-0.2, -0.15) is 10.1 Å². The molecule has 110 valence electrons. The lowest BCUT2D eigenvalue weighted by atomic mass is 10.1. The zero-order chi connectivity index (χ0) is 14.2. The van der Waals surface area contributed by atoms with Gasteiger partial charge >= 0.3 is 0 Å². The van der Waals surface area contributed by atoms with Gasteiger partial charge in [-0.25, -0.2) is 9.07 Å². The zero-order valence-corrected chi connectivity index (χ0v) is 11.5. The summed E-state index contributed by atoms with van der Waals surface area (Å²) in [7, 11) is 0. The van der Waals surface area contributed by atoms with E-state index in [-0.39, 0.29) is 17.8 Å². The van der Waals surface area contributed by atoms with Crippen molar-refractivity contribution in [1.82, 2.24) is 19.7 Å². The molecule has 7 heteroatoms. The highest BCUT2D eigenvalue weighted by molar-refractivity contribution is 5.31. The summed E-state index contributed by atoms with van der Waals surface area (Å²) in [5.41, 5.74) is 0.818. The molecule has 4 rings (SSSR count). The van der Waals surface area contributed by atoms with Crippen molar-refractivity contribution in [2.75, 3.05) is 25.1 Å². The highest BCUT2D eigenvalue weighted by atomic mass is 19.1. The summed E-state index contributed by atoms with van der Waals surface area (Å²) in [4.78, 5) is 8.78. The van der Waals surface area contributed by atoms with Crippen LogP contribution in [0.25, 0.3) is 0 Å². The highest BCUT2D eigenvalue weighted by Gasteiger charge is 2.29. The SMILES string of the molecule is Fc1ccc(C2CCNc3nc(C4CCOC4)nn32)nc1. The van der Waals surface area contributed by atoms with Crippen LogP contribution in [0, 0.1) is 5.82 Å². The Labute approximate surface area is 121 Å². The van der Waals surface area contributed by atoms with Crippen molar-refractivity contribution in [2.24, 2.45) is 0 Å². The number of nitrogens with zero attached hydrogens (tertiary/aromatic N) is 4. The predicted molar refractivity (Wildman–Crippen MR) is 73.6 cm³/mol. The van der Waals surface area contributed by atoms with Crippen molar-refractivity contribution in [2.45, 2.75) is 24.8 Å². The van der Waals surface area contributed by atoms with E-state index in [0.29, 0.717) is 6.61 Å². The average Bonchev–Trinajstić information content (AvgIpc) is 3.16. The van der Waals surface area contributed by atoms with Crippen LogP contribution in [0.5, 0.6) is 0 Å². The van der Waals surface area contributed by atoms with Gasteiger partial charge in [-0.1, -0.05) is 0 Å². The molecule has 0 saturated carbocycles. The lowest BCUT2D eigenvalue weighted by molar-refractivity contribution is 0.193. The topological polar surface area (TPSA) is 64.9 Å². The van der Waals surface area contributed by atoms with Crippen LogP contribution in [0.15, 0.2) is 18.3 Å². The second-order valence-corrected chi connectivity index (χ2v) is 5.43. The monoisotopic (exact) mass is 289 g/mol. The van der Waals surface area contributed by atoms with Crippen molar-refractivity contribution in [3.05, 3.63) is 35.7 Å². The van der Waals surface area contributed by atoms with Crippen molar-refractivity contribution in [3.8, 4) is 0 Å². The molecule has 0 radical (unpaired) electrons. The number of nitrogens with one attached hydrogen (secondary N) is 1. The molecule has 6 nitrogen and oxygen atoms in total. The number of ether oxygens (including phenoxy) is 1.